The van der Waals surface area contributed by atoms with Gasteiger partial charge in [0.1, 0.15) is 6.29 Å². The molecule has 0 atom stereocenters. The van der Waals surface area contributed by atoms with Crippen molar-refractivity contribution in [1.29, 1.82) is 0 Å². The van der Waals surface area contributed by atoms with Gasteiger partial charge in [0, 0.05) is 6.42 Å². The molecule has 0 saturated carbocycles. The molecule has 0 N–H and O–H groups in total. The maximum Gasteiger partial charge on any atom is 0.124 e. The Kier molecular flexibility index (Phi) is 8.02. The lowest BCUT2D eigenvalue weighted by molar-refractivity contribution is -0.107. The van der Waals surface area contributed by atoms with E-state index in [1.807, 2.05) is 13.8 Å². The molecule has 0 aliphatic heterocycles. The molecule has 1 nitrogen and oxygen atoms in total. The largest absolute Gasteiger partial charge is 0.303 e. The summed E-state index contributed by atoms with van der Waals surface area (Å²) < 4.78 is 0. The van der Waals surface area contributed by atoms with Gasteiger partial charge in [-0.25, -0.2) is 0 Å². The Bertz CT molecular complexity index is 380. The van der Waals surface area contributed by atoms with Gasteiger partial charge in [0.05, 0.1) is 0 Å². The van der Waals surface area contributed by atoms with Crippen molar-refractivity contribution in [3.63, 3.8) is 0 Å². The van der Waals surface area contributed by atoms with Crippen molar-refractivity contribution in [1.82, 2.24) is 0 Å². The van der Waals surface area contributed by atoms with Crippen LogP contribution in [0.5, 0.6) is 0 Å². The van der Waals surface area contributed by atoms with Crippen LogP contribution >= 0.6 is 0 Å². The summed E-state index contributed by atoms with van der Waals surface area (Å²) in [4.78, 5) is 10.9. The van der Waals surface area contributed by atoms with Gasteiger partial charge in [-0.15, -0.1) is 0 Å². The fourth-order valence-electron chi connectivity index (χ4n) is 2.05. The van der Waals surface area contributed by atoms with Crippen LogP contribution in [0.25, 0.3) is 0 Å². The molecule has 0 aromatic heterocycles. The van der Waals surface area contributed by atoms with Crippen LogP contribution in [-0.4, -0.2) is 6.29 Å². The highest BCUT2D eigenvalue weighted by molar-refractivity contribution is 5.59. The Morgan fingerprint density at radius 3 is 2.06 bits per heavy atom. The van der Waals surface area contributed by atoms with Crippen molar-refractivity contribution in [3.8, 4) is 0 Å². The third kappa shape index (κ3) is 5.31. The first-order chi connectivity index (χ1) is 8.47. The van der Waals surface area contributed by atoms with Crippen molar-refractivity contribution in [2.24, 2.45) is 0 Å². The fraction of sp³-hybridized carbons (Fsp3) is 0.471. The first-order valence-electron chi connectivity index (χ1n) is 6.65. The number of rotatable bonds is 8. The Labute approximate surface area is 112 Å². The van der Waals surface area contributed by atoms with Gasteiger partial charge in [0.25, 0.3) is 0 Å². The van der Waals surface area contributed by atoms with E-state index in [4.69, 9.17) is 0 Å². The summed E-state index contributed by atoms with van der Waals surface area (Å²) in [7, 11) is 0. The standard InChI is InChI=1S/C17H26O/c1-7-9-15(13(3)4)12-16(10-11-18)17(8-2)14(5)6/h11-12H,3,5,7-10H2,1-2,4,6H3/b15-12+,17-16-. The van der Waals surface area contributed by atoms with Crippen molar-refractivity contribution in [2.75, 3.05) is 0 Å². The number of carbonyl (C=O) groups excluding carboxylic acids is 1. The average Bonchev–Trinajstić information content (AvgIpc) is 2.28. The van der Waals surface area contributed by atoms with Gasteiger partial charge in [-0.1, -0.05) is 50.6 Å². The summed E-state index contributed by atoms with van der Waals surface area (Å²) in [6.45, 7) is 16.3. The zero-order valence-electron chi connectivity index (χ0n) is 12.3. The van der Waals surface area contributed by atoms with Crippen molar-refractivity contribution in [2.45, 2.75) is 53.4 Å². The number of hydrogen-bond acceptors (Lipinski definition) is 1. The molecule has 0 bridgehead atoms. The second kappa shape index (κ2) is 8.68. The lowest BCUT2D eigenvalue weighted by Gasteiger charge is -2.12. The summed E-state index contributed by atoms with van der Waals surface area (Å²) in [6, 6.07) is 0. The molecule has 0 aromatic carbocycles. The van der Waals surface area contributed by atoms with E-state index in [1.165, 1.54) is 11.1 Å². The van der Waals surface area contributed by atoms with E-state index in [0.717, 1.165) is 42.3 Å². The molecule has 0 radical (unpaired) electrons. The molecular weight excluding hydrogens is 220 g/mol. The fourth-order valence-corrected chi connectivity index (χ4v) is 2.05. The van der Waals surface area contributed by atoms with E-state index in [-0.39, 0.29) is 0 Å². The molecule has 0 saturated heterocycles. The third-order valence-corrected chi connectivity index (χ3v) is 2.98. The predicted molar refractivity (Wildman–Crippen MR) is 80.6 cm³/mol. The lowest BCUT2D eigenvalue weighted by Crippen LogP contribution is -1.95. The molecule has 1 heteroatoms. The van der Waals surface area contributed by atoms with E-state index in [0.29, 0.717) is 6.42 Å². The maximum atomic E-state index is 10.9. The topological polar surface area (TPSA) is 17.1 Å². The second-order valence-electron chi connectivity index (χ2n) is 4.71. The molecule has 0 spiro atoms. The molecule has 0 aromatic rings. The first-order valence-corrected chi connectivity index (χ1v) is 6.65. The van der Waals surface area contributed by atoms with E-state index in [1.54, 1.807) is 0 Å². The first kappa shape index (κ1) is 16.6. The van der Waals surface area contributed by atoms with Crippen molar-refractivity contribution < 1.29 is 4.79 Å². The molecule has 0 heterocycles. The predicted octanol–water partition coefficient (Wildman–Crippen LogP) is 5.16. The smallest absolute Gasteiger partial charge is 0.124 e. The number of allylic oxidation sites excluding steroid dienone is 6. The molecule has 18 heavy (non-hydrogen) atoms. The molecule has 0 rings (SSSR count). The lowest BCUT2D eigenvalue weighted by atomic mass is 9.93. The normalized spacial score (nSPS) is 13.0. The van der Waals surface area contributed by atoms with Crippen LogP contribution in [0.3, 0.4) is 0 Å². The molecule has 100 valence electrons. The molecule has 0 fully saturated rings. The van der Waals surface area contributed by atoms with Gasteiger partial charge in [0.15, 0.2) is 0 Å². The van der Waals surface area contributed by atoms with Gasteiger partial charge < -0.3 is 4.79 Å². The van der Waals surface area contributed by atoms with E-state index in [9.17, 15) is 4.79 Å². The highest BCUT2D eigenvalue weighted by Crippen LogP contribution is 2.24. The van der Waals surface area contributed by atoms with Crippen LogP contribution < -0.4 is 0 Å². The van der Waals surface area contributed by atoms with Crippen LogP contribution in [0, 0.1) is 0 Å². The van der Waals surface area contributed by atoms with E-state index in [2.05, 4.69) is 33.1 Å². The van der Waals surface area contributed by atoms with Gasteiger partial charge in [-0.3, -0.25) is 0 Å². The quantitative estimate of drug-likeness (QED) is 0.427. The van der Waals surface area contributed by atoms with Crippen LogP contribution in [0.1, 0.15) is 53.4 Å². The summed E-state index contributed by atoms with van der Waals surface area (Å²) in [5.41, 5.74) is 5.64. The van der Waals surface area contributed by atoms with Crippen molar-refractivity contribution in [3.05, 3.63) is 47.1 Å². The van der Waals surface area contributed by atoms with Crippen LogP contribution in [0.15, 0.2) is 47.1 Å². The number of carbonyl (C=O) groups is 1. The Balaban J connectivity index is 5.59. The summed E-state index contributed by atoms with van der Waals surface area (Å²) >= 11 is 0. The number of hydrogen-bond donors (Lipinski definition) is 0. The zero-order valence-corrected chi connectivity index (χ0v) is 12.3. The SMILES string of the molecule is C=C(C)/C(CC)=C(\C=C(/CCC)C(=C)C)CC=O. The minimum atomic E-state index is 0.455. The third-order valence-electron chi connectivity index (χ3n) is 2.98. The minimum Gasteiger partial charge on any atom is -0.303 e. The summed E-state index contributed by atoms with van der Waals surface area (Å²) in [6.07, 6.45) is 6.55. The van der Waals surface area contributed by atoms with Crippen molar-refractivity contribution >= 4 is 6.29 Å². The molecule has 0 unspecified atom stereocenters. The van der Waals surface area contributed by atoms with E-state index < -0.39 is 0 Å². The highest BCUT2D eigenvalue weighted by Gasteiger charge is 2.06. The number of aldehydes is 1. The van der Waals surface area contributed by atoms with Gasteiger partial charge in [-0.05, 0) is 43.4 Å². The van der Waals surface area contributed by atoms with Crippen LogP contribution in [0.4, 0.5) is 0 Å². The zero-order chi connectivity index (χ0) is 14.1. The van der Waals surface area contributed by atoms with Gasteiger partial charge >= 0.3 is 0 Å². The average molecular weight is 246 g/mol. The Morgan fingerprint density at radius 1 is 1.11 bits per heavy atom. The minimum absolute atomic E-state index is 0.455. The summed E-state index contributed by atoms with van der Waals surface area (Å²) in [5, 5.41) is 0. The molecule has 0 amide bonds. The maximum absolute atomic E-state index is 10.9. The van der Waals surface area contributed by atoms with Crippen LogP contribution in [-0.2, 0) is 4.79 Å². The Hall–Kier alpha value is -1.37. The van der Waals surface area contributed by atoms with Gasteiger partial charge in [-0.2, -0.15) is 0 Å². The summed E-state index contributed by atoms with van der Waals surface area (Å²) in [5.74, 6) is 0. The molecule has 0 aliphatic carbocycles. The molecule has 0 aliphatic rings. The highest BCUT2D eigenvalue weighted by atomic mass is 16.1. The monoisotopic (exact) mass is 246 g/mol. The molecular formula is C17H26O. The van der Waals surface area contributed by atoms with Gasteiger partial charge in [0.2, 0.25) is 0 Å². The van der Waals surface area contributed by atoms with E-state index >= 15 is 0 Å². The second-order valence-corrected chi connectivity index (χ2v) is 4.71. The van der Waals surface area contributed by atoms with Crippen LogP contribution in [0.2, 0.25) is 0 Å². The Morgan fingerprint density at radius 2 is 1.72 bits per heavy atom.